The van der Waals surface area contributed by atoms with Crippen molar-refractivity contribution in [3.05, 3.63) is 74.2 Å². The lowest BCUT2D eigenvalue weighted by atomic mass is 9.90. The summed E-state index contributed by atoms with van der Waals surface area (Å²) in [6, 6.07) is 5.22. The van der Waals surface area contributed by atoms with Crippen LogP contribution in [0.15, 0.2) is 47.4 Å². The maximum atomic E-state index is 13.0. The summed E-state index contributed by atoms with van der Waals surface area (Å²) in [4.78, 5) is 47.9. The predicted molar refractivity (Wildman–Crippen MR) is 96.4 cm³/mol. The monoisotopic (exact) mass is 424 g/mol. The third-order valence-corrected chi connectivity index (χ3v) is 4.79. The number of nitro groups is 1. The molecule has 1 aliphatic heterocycles. The van der Waals surface area contributed by atoms with Gasteiger partial charge in [0.25, 0.3) is 17.2 Å². The number of carbonyl (C=O) groups excluding carboxylic acids is 2. The van der Waals surface area contributed by atoms with Crippen molar-refractivity contribution in [2.75, 3.05) is 6.54 Å². The van der Waals surface area contributed by atoms with Gasteiger partial charge < -0.3 is 9.88 Å². The number of pyridine rings is 1. The maximum Gasteiger partial charge on any atom is 0.416 e. The van der Waals surface area contributed by atoms with Crippen LogP contribution in [0.5, 0.6) is 0 Å². The van der Waals surface area contributed by atoms with Crippen LogP contribution in [0.3, 0.4) is 0 Å². The number of amides is 3. The van der Waals surface area contributed by atoms with E-state index in [1.807, 2.05) is 0 Å². The van der Waals surface area contributed by atoms with Crippen LogP contribution in [0.4, 0.5) is 23.7 Å². The van der Waals surface area contributed by atoms with Gasteiger partial charge in [-0.25, -0.2) is 4.79 Å². The Hall–Kier alpha value is -3.70. The van der Waals surface area contributed by atoms with Crippen LogP contribution in [-0.4, -0.2) is 32.9 Å². The molecule has 1 aromatic carbocycles. The molecular formula is C18H15F3N4O5. The minimum atomic E-state index is -4.62. The van der Waals surface area contributed by atoms with Gasteiger partial charge in [0.1, 0.15) is 5.54 Å². The van der Waals surface area contributed by atoms with Gasteiger partial charge in [0.15, 0.2) is 0 Å². The Morgan fingerprint density at radius 1 is 1.13 bits per heavy atom. The standard InChI is InChI=1S/C18H15F3N4O5/c1-17(11-3-2-4-12(9-11)18(19,20)21)15(27)24(16(28)22-17)8-7-23-10-13(25(29)30)5-6-14(23)26/h2-6,9-10H,7-8H2,1H3,(H,22,28). The lowest BCUT2D eigenvalue weighted by Crippen LogP contribution is -2.41. The first-order chi connectivity index (χ1) is 13.9. The number of imide groups is 1. The Morgan fingerprint density at radius 3 is 2.47 bits per heavy atom. The van der Waals surface area contributed by atoms with Crippen molar-refractivity contribution >= 4 is 17.6 Å². The molecule has 1 aromatic heterocycles. The zero-order chi connectivity index (χ0) is 22.3. The van der Waals surface area contributed by atoms with E-state index >= 15 is 0 Å². The summed E-state index contributed by atoms with van der Waals surface area (Å²) in [6.07, 6.45) is -3.65. The lowest BCUT2D eigenvalue weighted by Gasteiger charge is -2.23. The van der Waals surface area contributed by atoms with Crippen LogP contribution < -0.4 is 10.9 Å². The Balaban J connectivity index is 1.84. The quantitative estimate of drug-likeness (QED) is 0.449. The first kappa shape index (κ1) is 21.0. The van der Waals surface area contributed by atoms with Crippen molar-refractivity contribution in [3.63, 3.8) is 0 Å². The topological polar surface area (TPSA) is 115 Å². The highest BCUT2D eigenvalue weighted by Gasteiger charge is 2.49. The summed E-state index contributed by atoms with van der Waals surface area (Å²) in [5.74, 6) is -0.801. The highest BCUT2D eigenvalue weighted by Crippen LogP contribution is 2.34. The number of hydrogen-bond acceptors (Lipinski definition) is 5. The number of halogens is 3. The molecule has 158 valence electrons. The SMILES string of the molecule is CC1(c2cccc(C(F)(F)F)c2)NC(=O)N(CCn2cc([N+](=O)[O-])ccc2=O)C1=O. The molecule has 2 aromatic rings. The molecule has 12 heteroatoms. The lowest BCUT2D eigenvalue weighted by molar-refractivity contribution is -0.385. The molecule has 2 heterocycles. The number of nitrogens with one attached hydrogen (secondary N) is 1. The second-order valence-electron chi connectivity index (χ2n) is 6.77. The van der Waals surface area contributed by atoms with Gasteiger partial charge in [0.2, 0.25) is 0 Å². The molecule has 0 radical (unpaired) electrons. The number of carbonyl (C=O) groups is 2. The fourth-order valence-corrected chi connectivity index (χ4v) is 3.11. The van der Waals surface area contributed by atoms with E-state index < -0.39 is 39.7 Å². The van der Waals surface area contributed by atoms with E-state index in [-0.39, 0.29) is 24.3 Å². The van der Waals surface area contributed by atoms with Gasteiger partial charge in [0, 0.05) is 25.2 Å². The Kier molecular flexibility index (Phi) is 5.10. The molecule has 1 aliphatic rings. The molecule has 0 saturated carbocycles. The fraction of sp³-hybridized carbons (Fsp3) is 0.278. The highest BCUT2D eigenvalue weighted by atomic mass is 19.4. The van der Waals surface area contributed by atoms with Gasteiger partial charge in [0.05, 0.1) is 16.7 Å². The van der Waals surface area contributed by atoms with E-state index in [2.05, 4.69) is 5.32 Å². The summed E-state index contributed by atoms with van der Waals surface area (Å²) >= 11 is 0. The summed E-state index contributed by atoms with van der Waals surface area (Å²) < 4.78 is 40.0. The zero-order valence-electron chi connectivity index (χ0n) is 15.5. The van der Waals surface area contributed by atoms with E-state index in [4.69, 9.17) is 0 Å². The number of hydrogen-bond donors (Lipinski definition) is 1. The summed E-state index contributed by atoms with van der Waals surface area (Å²) in [6.45, 7) is 0.751. The van der Waals surface area contributed by atoms with Crippen LogP contribution in [0.1, 0.15) is 18.1 Å². The minimum absolute atomic E-state index is 0.0503. The van der Waals surface area contributed by atoms with E-state index in [0.29, 0.717) is 0 Å². The number of nitrogens with zero attached hydrogens (tertiary/aromatic N) is 3. The number of aromatic nitrogens is 1. The highest BCUT2D eigenvalue weighted by molar-refractivity contribution is 6.07. The minimum Gasteiger partial charge on any atom is -0.319 e. The van der Waals surface area contributed by atoms with Crippen LogP contribution in [-0.2, 0) is 23.1 Å². The van der Waals surface area contributed by atoms with E-state index in [1.165, 1.54) is 13.0 Å². The van der Waals surface area contributed by atoms with Crippen molar-refractivity contribution in [3.8, 4) is 0 Å². The smallest absolute Gasteiger partial charge is 0.319 e. The van der Waals surface area contributed by atoms with Crippen LogP contribution in [0, 0.1) is 10.1 Å². The molecule has 3 rings (SSSR count). The summed E-state index contributed by atoms with van der Waals surface area (Å²) in [7, 11) is 0. The zero-order valence-corrected chi connectivity index (χ0v) is 15.5. The average molecular weight is 424 g/mol. The van der Waals surface area contributed by atoms with Crippen LogP contribution >= 0.6 is 0 Å². The second-order valence-corrected chi connectivity index (χ2v) is 6.77. The van der Waals surface area contributed by atoms with Crippen molar-refractivity contribution in [2.45, 2.75) is 25.2 Å². The third-order valence-electron chi connectivity index (χ3n) is 4.79. The van der Waals surface area contributed by atoms with Crippen LogP contribution in [0.25, 0.3) is 0 Å². The molecule has 0 bridgehead atoms. The maximum absolute atomic E-state index is 13.0. The van der Waals surface area contributed by atoms with E-state index in [1.54, 1.807) is 0 Å². The molecule has 0 spiro atoms. The van der Waals surface area contributed by atoms with Gasteiger partial charge in [-0.05, 0) is 24.6 Å². The number of rotatable bonds is 5. The molecule has 1 unspecified atom stereocenters. The molecular weight excluding hydrogens is 409 g/mol. The van der Waals surface area contributed by atoms with Gasteiger partial charge in [-0.15, -0.1) is 0 Å². The van der Waals surface area contributed by atoms with Crippen molar-refractivity contribution in [1.82, 2.24) is 14.8 Å². The molecule has 1 atom stereocenters. The van der Waals surface area contributed by atoms with Gasteiger partial charge >= 0.3 is 12.2 Å². The van der Waals surface area contributed by atoms with E-state index in [0.717, 1.165) is 46.0 Å². The summed E-state index contributed by atoms with van der Waals surface area (Å²) in [5, 5.41) is 13.2. The number of alkyl halides is 3. The number of benzene rings is 1. The molecule has 1 fully saturated rings. The first-order valence-electron chi connectivity index (χ1n) is 8.60. The number of urea groups is 1. The fourth-order valence-electron chi connectivity index (χ4n) is 3.11. The van der Waals surface area contributed by atoms with Crippen molar-refractivity contribution in [1.29, 1.82) is 0 Å². The average Bonchev–Trinajstić information content (AvgIpc) is 2.90. The van der Waals surface area contributed by atoms with Gasteiger partial charge in [-0.1, -0.05) is 12.1 Å². The van der Waals surface area contributed by atoms with Crippen molar-refractivity contribution < 1.29 is 27.7 Å². The summed E-state index contributed by atoms with van der Waals surface area (Å²) in [5.41, 5.74) is -3.67. The Bertz CT molecular complexity index is 1100. The molecule has 1 N–H and O–H groups in total. The molecule has 9 nitrogen and oxygen atoms in total. The molecule has 3 amide bonds. The van der Waals surface area contributed by atoms with Crippen LogP contribution in [0.2, 0.25) is 0 Å². The largest absolute Gasteiger partial charge is 0.416 e. The Labute approximate surface area is 166 Å². The third kappa shape index (κ3) is 3.75. The predicted octanol–water partition coefficient (Wildman–Crippen LogP) is 2.24. The van der Waals surface area contributed by atoms with E-state index in [9.17, 15) is 37.7 Å². The second kappa shape index (κ2) is 7.28. The molecule has 1 saturated heterocycles. The van der Waals surface area contributed by atoms with Gasteiger partial charge in [-0.2, -0.15) is 13.2 Å². The van der Waals surface area contributed by atoms with Crippen molar-refractivity contribution in [2.24, 2.45) is 0 Å². The molecule has 30 heavy (non-hydrogen) atoms. The van der Waals surface area contributed by atoms with Gasteiger partial charge in [-0.3, -0.25) is 24.6 Å². The Morgan fingerprint density at radius 2 is 1.83 bits per heavy atom. The first-order valence-corrected chi connectivity index (χ1v) is 8.60. The normalized spacial score (nSPS) is 19.1. The molecule has 0 aliphatic carbocycles.